The molecule has 0 saturated heterocycles. The summed E-state index contributed by atoms with van der Waals surface area (Å²) in [5.74, 6) is 0. The van der Waals surface area contributed by atoms with E-state index in [9.17, 15) is 0 Å². The van der Waals surface area contributed by atoms with Crippen molar-refractivity contribution in [2.24, 2.45) is 0 Å². The van der Waals surface area contributed by atoms with Gasteiger partial charge in [0.25, 0.3) is 0 Å². The zero-order valence-corrected chi connectivity index (χ0v) is 52.4. The van der Waals surface area contributed by atoms with Crippen molar-refractivity contribution < 1.29 is 0 Å². The fraction of sp³-hybridized carbons (Fsp3) is 0.111. The third kappa shape index (κ3) is 7.80. The van der Waals surface area contributed by atoms with Crippen LogP contribution in [-0.2, 0) is 10.8 Å². The lowest BCUT2D eigenvalue weighted by Gasteiger charge is -2.34. The molecule has 0 spiro atoms. The smallest absolute Gasteiger partial charge is 0.0619 e. The van der Waals surface area contributed by atoms with Gasteiger partial charge in [0.05, 0.1) is 10.8 Å². The number of hydrogen-bond donors (Lipinski definition) is 0. The Labute approximate surface area is 529 Å². The highest BCUT2D eigenvalue weighted by Gasteiger charge is 2.48. The van der Waals surface area contributed by atoms with Crippen molar-refractivity contribution in [1.82, 2.24) is 0 Å². The number of rotatable bonds is 8. The Morgan fingerprint density at radius 3 is 1.02 bits per heavy atom. The van der Waals surface area contributed by atoms with Crippen LogP contribution in [0.15, 0.2) is 267 Å². The van der Waals surface area contributed by atoms with Gasteiger partial charge in [0.1, 0.15) is 0 Å². The van der Waals surface area contributed by atoms with Crippen LogP contribution in [0.4, 0.5) is 0 Å². The zero-order valence-electron chi connectivity index (χ0n) is 52.4. The number of fused-ring (bicyclic) bond motifs is 10. The lowest BCUT2D eigenvalue weighted by Crippen LogP contribution is -2.28. The van der Waals surface area contributed by atoms with Gasteiger partial charge in [0.15, 0.2) is 0 Å². The molecule has 0 aliphatic heterocycles. The third-order valence-electron chi connectivity index (χ3n) is 20.6. The minimum absolute atomic E-state index is 0.523. The van der Waals surface area contributed by atoms with Crippen LogP contribution in [0.2, 0.25) is 0 Å². The molecule has 0 unspecified atom stereocenters. The molecule has 3 aliphatic carbocycles. The van der Waals surface area contributed by atoms with E-state index >= 15 is 0 Å². The van der Waals surface area contributed by atoms with Gasteiger partial charge < -0.3 is 0 Å². The van der Waals surface area contributed by atoms with E-state index in [0.717, 1.165) is 0 Å². The molecule has 14 aromatic rings. The van der Waals surface area contributed by atoms with Gasteiger partial charge in [-0.3, -0.25) is 0 Å². The third-order valence-corrected chi connectivity index (χ3v) is 20.6. The Kier molecular flexibility index (Phi) is 12.0. The fourth-order valence-electron chi connectivity index (χ4n) is 16.8. The second-order valence-corrected chi connectivity index (χ2v) is 26.5. The highest BCUT2D eigenvalue weighted by atomic mass is 14.5. The predicted molar refractivity (Wildman–Crippen MR) is 380 cm³/mol. The highest BCUT2D eigenvalue weighted by Crippen LogP contribution is 2.62. The quantitative estimate of drug-likeness (QED) is 0.142. The summed E-state index contributed by atoms with van der Waals surface area (Å²) in [5.41, 5.74) is 39.7. The molecule has 0 fully saturated rings. The van der Waals surface area contributed by atoms with Crippen molar-refractivity contribution in [2.45, 2.75) is 66.2 Å². The molecule has 0 radical (unpaired) electrons. The summed E-state index contributed by atoms with van der Waals surface area (Å²) in [5, 5.41) is 5.08. The van der Waals surface area contributed by atoms with Gasteiger partial charge in [-0.2, -0.15) is 0 Å². The van der Waals surface area contributed by atoms with Gasteiger partial charge in [-0.05, 0) is 229 Å². The Morgan fingerprint density at radius 2 is 0.544 bits per heavy atom. The molecule has 14 aromatic carbocycles. The fourth-order valence-corrected chi connectivity index (χ4v) is 16.8. The average molecular weight is 1150 g/mol. The molecule has 0 saturated carbocycles. The predicted octanol–water partition coefficient (Wildman–Crippen LogP) is 23.5. The van der Waals surface area contributed by atoms with Crippen molar-refractivity contribution >= 4 is 21.5 Å². The maximum Gasteiger partial charge on any atom is 0.0713 e. The van der Waals surface area contributed by atoms with E-state index in [1.165, 1.54) is 200 Å². The van der Waals surface area contributed by atoms with E-state index < -0.39 is 10.8 Å². The Morgan fingerprint density at radius 1 is 0.189 bits per heavy atom. The lowest BCUT2D eigenvalue weighted by atomic mass is 9.67. The van der Waals surface area contributed by atoms with Crippen LogP contribution in [0.5, 0.6) is 0 Å². The van der Waals surface area contributed by atoms with Gasteiger partial charge >= 0.3 is 0 Å². The maximum atomic E-state index is 2.55. The molecule has 0 N–H and O–H groups in total. The molecule has 0 amide bonds. The van der Waals surface area contributed by atoms with Crippen molar-refractivity contribution in [1.29, 1.82) is 0 Å². The molecule has 428 valence electrons. The summed E-state index contributed by atoms with van der Waals surface area (Å²) in [6.45, 7) is 17.8. The first-order chi connectivity index (χ1) is 43.9. The molecule has 0 bridgehead atoms. The van der Waals surface area contributed by atoms with E-state index in [0.29, 0.717) is 0 Å². The molecule has 3 aliphatic rings. The molecule has 17 rings (SSSR count). The van der Waals surface area contributed by atoms with Crippen LogP contribution >= 0.6 is 0 Å². The summed E-state index contributed by atoms with van der Waals surface area (Å²) in [6, 6.07) is 104. The molecule has 0 heteroatoms. The molecule has 0 heterocycles. The highest BCUT2D eigenvalue weighted by molar-refractivity contribution is 6.29. The number of hydrogen-bond acceptors (Lipinski definition) is 0. The maximum absolute atomic E-state index is 2.55. The first-order valence-electron chi connectivity index (χ1n) is 32.0. The summed E-state index contributed by atoms with van der Waals surface area (Å²) >= 11 is 0. The molecule has 0 aromatic heterocycles. The lowest BCUT2D eigenvalue weighted by molar-refractivity contribution is 0.768. The van der Waals surface area contributed by atoms with Crippen LogP contribution < -0.4 is 0 Å². The van der Waals surface area contributed by atoms with E-state index in [4.69, 9.17) is 0 Å². The monoisotopic (exact) mass is 1150 g/mol. The Balaban J connectivity index is 0.924. The minimum atomic E-state index is -0.527. The number of benzene rings is 14. The molecule has 0 atom stereocenters. The van der Waals surface area contributed by atoms with Crippen molar-refractivity contribution in [3.05, 3.63) is 356 Å². The largest absolute Gasteiger partial charge is 0.0713 e. The summed E-state index contributed by atoms with van der Waals surface area (Å²) in [6.07, 6.45) is 0. The topological polar surface area (TPSA) is 0 Å². The van der Waals surface area contributed by atoms with Crippen LogP contribution in [-0.4, -0.2) is 0 Å². The summed E-state index contributed by atoms with van der Waals surface area (Å²) in [4.78, 5) is 0. The van der Waals surface area contributed by atoms with E-state index in [2.05, 4.69) is 322 Å². The van der Waals surface area contributed by atoms with Crippen LogP contribution in [0, 0.1) is 55.4 Å². The summed E-state index contributed by atoms with van der Waals surface area (Å²) < 4.78 is 0. The Hall–Kier alpha value is -10.4. The van der Waals surface area contributed by atoms with Gasteiger partial charge in [0.2, 0.25) is 0 Å². The first-order valence-corrected chi connectivity index (χ1v) is 32.0. The molecular weight excluding hydrogens is 1080 g/mol. The van der Waals surface area contributed by atoms with Crippen molar-refractivity contribution in [3.63, 3.8) is 0 Å². The van der Waals surface area contributed by atoms with Crippen LogP contribution in [0.1, 0.15) is 89.0 Å². The van der Waals surface area contributed by atoms with Gasteiger partial charge in [0, 0.05) is 0 Å². The van der Waals surface area contributed by atoms with Crippen molar-refractivity contribution in [3.8, 4) is 89.0 Å². The van der Waals surface area contributed by atoms with E-state index in [1.54, 1.807) is 0 Å². The second-order valence-electron chi connectivity index (χ2n) is 26.5. The average Bonchev–Trinajstić information content (AvgIpc) is 1.55. The van der Waals surface area contributed by atoms with Crippen LogP contribution in [0.25, 0.3) is 111 Å². The van der Waals surface area contributed by atoms with E-state index in [-0.39, 0.29) is 0 Å². The van der Waals surface area contributed by atoms with Gasteiger partial charge in [-0.15, -0.1) is 0 Å². The van der Waals surface area contributed by atoms with Crippen LogP contribution in [0.3, 0.4) is 0 Å². The van der Waals surface area contributed by atoms with E-state index in [1.807, 2.05) is 0 Å². The molecule has 0 nitrogen and oxygen atoms in total. The van der Waals surface area contributed by atoms with Gasteiger partial charge in [-0.1, -0.05) is 293 Å². The second kappa shape index (κ2) is 20.1. The van der Waals surface area contributed by atoms with Crippen molar-refractivity contribution in [2.75, 3.05) is 0 Å². The normalized spacial score (nSPS) is 13.5. The summed E-state index contributed by atoms with van der Waals surface area (Å²) in [7, 11) is 0. The number of aryl methyl sites for hydroxylation is 8. The zero-order chi connectivity index (χ0) is 60.9. The molecule has 90 heavy (non-hydrogen) atoms. The SMILES string of the molecule is Cc1ccc(C2(c3ccc(C)cc3)c3ccccc3-c3ccc(-c4ccc5c(-c6cc(C)cc(C)c6)c6c(c(-c7cc(C)cc(C)c7)c5c4)-c4cccc5c(-c7ccc8c(c7)C(c7ccc(C)cc7)(c7ccc(C)cc7)c7ccccc7-8)ccc-6c45)cc32)cc1. The first kappa shape index (κ1) is 53.8. The molecular formula is C90H68. The minimum Gasteiger partial charge on any atom is -0.0619 e. The van der Waals surface area contributed by atoms with Gasteiger partial charge in [-0.25, -0.2) is 0 Å². The standard InChI is InChI=1S/C90H68/c1-53-20-31-66(32-21-53)89(67-33-22-54(2)23-34-67)80-18-11-9-14-71(80)73-39-28-62(51-82(73)89)61-29-41-76-79(50-61)85(65-48-59(7)45-60(8)49-65)87-77-17-13-16-75-70(42-43-78(86(75)77)88(87)84(76)64-46-57(5)44-58(6)47-64)63-30-40-74-72-15-10-12-19-81(72)90(83(74)52-63,68-35-24-55(3)25-36-68)69-37-26-56(4)27-38-69/h9-52H,1-8H3. The Bertz CT molecular complexity index is 5210.